The van der Waals surface area contributed by atoms with E-state index in [-0.39, 0.29) is 5.91 Å². The Kier molecular flexibility index (Phi) is 6.30. The van der Waals surface area contributed by atoms with Crippen molar-refractivity contribution in [2.75, 3.05) is 18.4 Å². The minimum atomic E-state index is -0.0942. The molecule has 1 aromatic heterocycles. The summed E-state index contributed by atoms with van der Waals surface area (Å²) in [6, 6.07) is 1.67. The van der Waals surface area contributed by atoms with Gasteiger partial charge in [0.25, 0.3) is 5.91 Å². The third kappa shape index (κ3) is 4.88. The number of amides is 1. The minimum Gasteiger partial charge on any atom is -0.369 e. The molecule has 0 aliphatic heterocycles. The van der Waals surface area contributed by atoms with Crippen LogP contribution in [-0.2, 0) is 0 Å². The van der Waals surface area contributed by atoms with E-state index in [2.05, 4.69) is 15.6 Å². The first-order valence-corrected chi connectivity index (χ1v) is 8.26. The van der Waals surface area contributed by atoms with E-state index in [1.165, 1.54) is 32.1 Å². The van der Waals surface area contributed by atoms with Crippen molar-refractivity contribution in [1.82, 2.24) is 10.3 Å². The normalized spacial score (nSPS) is 15.7. The highest BCUT2D eigenvalue weighted by Gasteiger charge is 2.14. The van der Waals surface area contributed by atoms with Crippen molar-refractivity contribution in [3.05, 3.63) is 22.8 Å². The van der Waals surface area contributed by atoms with Gasteiger partial charge < -0.3 is 10.6 Å². The second-order valence-electron chi connectivity index (χ2n) is 5.63. The summed E-state index contributed by atoms with van der Waals surface area (Å²) >= 11 is 6.10. The third-order valence-corrected chi connectivity index (χ3v) is 4.30. The first-order chi connectivity index (χ1) is 10.2. The average Bonchev–Trinajstić information content (AvgIpc) is 2.50. The number of nitrogens with one attached hydrogen (secondary N) is 2. The largest absolute Gasteiger partial charge is 0.369 e. The van der Waals surface area contributed by atoms with Gasteiger partial charge in [-0.3, -0.25) is 4.79 Å². The molecule has 5 heteroatoms. The van der Waals surface area contributed by atoms with Gasteiger partial charge in [0.15, 0.2) is 0 Å². The summed E-state index contributed by atoms with van der Waals surface area (Å²) < 4.78 is 0. The Bertz CT molecular complexity index is 473. The molecule has 0 saturated heterocycles. The Morgan fingerprint density at radius 3 is 2.81 bits per heavy atom. The zero-order valence-corrected chi connectivity index (χ0v) is 13.4. The van der Waals surface area contributed by atoms with Crippen LogP contribution in [0.1, 0.15) is 55.8 Å². The van der Waals surface area contributed by atoms with Gasteiger partial charge in [0.1, 0.15) is 5.82 Å². The molecule has 2 N–H and O–H groups in total. The predicted molar refractivity (Wildman–Crippen MR) is 86.9 cm³/mol. The molecule has 1 amide bonds. The molecule has 0 radical (unpaired) electrons. The fourth-order valence-corrected chi connectivity index (χ4v) is 3.06. The van der Waals surface area contributed by atoms with E-state index in [0.29, 0.717) is 16.4 Å². The van der Waals surface area contributed by atoms with Crippen molar-refractivity contribution < 1.29 is 4.79 Å². The number of halogens is 1. The van der Waals surface area contributed by atoms with Crippen LogP contribution in [0, 0.1) is 5.92 Å². The lowest BCUT2D eigenvalue weighted by atomic mass is 9.87. The topological polar surface area (TPSA) is 54.0 Å². The molecule has 1 heterocycles. The van der Waals surface area contributed by atoms with Gasteiger partial charge in [-0.2, -0.15) is 0 Å². The van der Waals surface area contributed by atoms with E-state index < -0.39 is 0 Å². The summed E-state index contributed by atoms with van der Waals surface area (Å²) in [5, 5.41) is 6.50. The Morgan fingerprint density at radius 1 is 1.38 bits per heavy atom. The maximum atomic E-state index is 12.1. The standard InChI is InChI=1S/C16H24ClN3O/c1-2-18-15-14(17)10-13(11-20-15)16(21)19-9-8-12-6-4-3-5-7-12/h10-12H,2-9H2,1H3,(H,18,20)(H,19,21). The van der Waals surface area contributed by atoms with Crippen LogP contribution in [-0.4, -0.2) is 24.0 Å². The van der Waals surface area contributed by atoms with Gasteiger partial charge in [-0.15, -0.1) is 0 Å². The second-order valence-corrected chi connectivity index (χ2v) is 6.04. The van der Waals surface area contributed by atoms with E-state index >= 15 is 0 Å². The quantitative estimate of drug-likeness (QED) is 0.838. The molecule has 0 unspecified atom stereocenters. The van der Waals surface area contributed by atoms with E-state index in [9.17, 15) is 4.79 Å². The van der Waals surface area contributed by atoms with Crippen LogP contribution in [0.15, 0.2) is 12.3 Å². The molecule has 0 aromatic carbocycles. The van der Waals surface area contributed by atoms with Gasteiger partial charge in [0, 0.05) is 19.3 Å². The summed E-state index contributed by atoms with van der Waals surface area (Å²) in [6.45, 7) is 3.46. The molecular weight excluding hydrogens is 286 g/mol. The smallest absolute Gasteiger partial charge is 0.252 e. The Balaban J connectivity index is 1.81. The maximum Gasteiger partial charge on any atom is 0.252 e. The average molecular weight is 310 g/mol. The fourth-order valence-electron chi connectivity index (χ4n) is 2.83. The van der Waals surface area contributed by atoms with Crippen LogP contribution < -0.4 is 10.6 Å². The minimum absolute atomic E-state index is 0.0942. The monoisotopic (exact) mass is 309 g/mol. The number of aromatic nitrogens is 1. The molecule has 1 aliphatic rings. The lowest BCUT2D eigenvalue weighted by molar-refractivity contribution is 0.0950. The summed E-state index contributed by atoms with van der Waals surface area (Å²) in [6.07, 6.45) is 9.29. The number of anilines is 1. The zero-order chi connectivity index (χ0) is 15.1. The molecular formula is C16H24ClN3O. The molecule has 21 heavy (non-hydrogen) atoms. The van der Waals surface area contributed by atoms with Gasteiger partial charge in [-0.25, -0.2) is 4.98 Å². The molecule has 4 nitrogen and oxygen atoms in total. The number of rotatable bonds is 6. The van der Waals surface area contributed by atoms with Gasteiger partial charge in [-0.1, -0.05) is 43.7 Å². The number of carbonyl (C=O) groups is 1. The van der Waals surface area contributed by atoms with E-state index in [1.54, 1.807) is 12.3 Å². The first-order valence-electron chi connectivity index (χ1n) is 7.88. The van der Waals surface area contributed by atoms with Crippen LogP contribution >= 0.6 is 11.6 Å². The van der Waals surface area contributed by atoms with Gasteiger partial charge in [0.05, 0.1) is 10.6 Å². The van der Waals surface area contributed by atoms with Crippen molar-refractivity contribution in [3.63, 3.8) is 0 Å². The lowest BCUT2D eigenvalue weighted by Gasteiger charge is -2.21. The number of hydrogen-bond donors (Lipinski definition) is 2. The Hall–Kier alpha value is -1.29. The van der Waals surface area contributed by atoms with Crippen LogP contribution in [0.5, 0.6) is 0 Å². The second kappa shape index (κ2) is 8.23. The van der Waals surface area contributed by atoms with Crippen LogP contribution in [0.4, 0.5) is 5.82 Å². The number of pyridine rings is 1. The summed E-state index contributed by atoms with van der Waals surface area (Å²) in [5.41, 5.74) is 0.519. The van der Waals surface area contributed by atoms with Crippen LogP contribution in [0.3, 0.4) is 0 Å². The van der Waals surface area contributed by atoms with Crippen molar-refractivity contribution in [1.29, 1.82) is 0 Å². The van der Waals surface area contributed by atoms with Gasteiger partial charge in [0.2, 0.25) is 0 Å². The zero-order valence-electron chi connectivity index (χ0n) is 12.6. The Morgan fingerprint density at radius 2 is 2.14 bits per heavy atom. The third-order valence-electron chi connectivity index (χ3n) is 4.01. The first kappa shape index (κ1) is 16.1. The van der Waals surface area contributed by atoms with Gasteiger partial charge in [-0.05, 0) is 25.3 Å². The molecule has 1 aromatic rings. The molecule has 0 spiro atoms. The highest BCUT2D eigenvalue weighted by atomic mass is 35.5. The molecule has 1 saturated carbocycles. The van der Waals surface area contributed by atoms with E-state index in [4.69, 9.17) is 11.6 Å². The van der Waals surface area contributed by atoms with Crippen LogP contribution in [0.25, 0.3) is 0 Å². The predicted octanol–water partition coefficient (Wildman–Crippen LogP) is 3.87. The maximum absolute atomic E-state index is 12.1. The Labute approximate surface area is 131 Å². The van der Waals surface area contributed by atoms with E-state index in [0.717, 1.165) is 25.4 Å². The number of nitrogens with zero attached hydrogens (tertiary/aromatic N) is 1. The van der Waals surface area contributed by atoms with E-state index in [1.807, 2.05) is 6.92 Å². The van der Waals surface area contributed by atoms with Crippen molar-refractivity contribution >= 4 is 23.3 Å². The molecule has 1 fully saturated rings. The lowest BCUT2D eigenvalue weighted by Crippen LogP contribution is -2.26. The van der Waals surface area contributed by atoms with Crippen molar-refractivity contribution in [2.24, 2.45) is 5.92 Å². The SMILES string of the molecule is CCNc1ncc(C(=O)NCCC2CCCCC2)cc1Cl. The highest BCUT2D eigenvalue weighted by molar-refractivity contribution is 6.33. The summed E-state index contributed by atoms with van der Waals surface area (Å²) in [5.74, 6) is 1.30. The van der Waals surface area contributed by atoms with Crippen LogP contribution in [0.2, 0.25) is 5.02 Å². The molecule has 0 atom stereocenters. The number of carbonyl (C=O) groups excluding carboxylic acids is 1. The van der Waals surface area contributed by atoms with Gasteiger partial charge >= 0.3 is 0 Å². The molecule has 2 rings (SSSR count). The molecule has 1 aliphatic carbocycles. The van der Waals surface area contributed by atoms with Crippen molar-refractivity contribution in [2.45, 2.75) is 45.4 Å². The summed E-state index contributed by atoms with van der Waals surface area (Å²) in [4.78, 5) is 16.3. The summed E-state index contributed by atoms with van der Waals surface area (Å²) in [7, 11) is 0. The molecule has 0 bridgehead atoms. The number of hydrogen-bond acceptors (Lipinski definition) is 3. The molecule has 116 valence electrons. The fraction of sp³-hybridized carbons (Fsp3) is 0.625. The van der Waals surface area contributed by atoms with Crippen molar-refractivity contribution in [3.8, 4) is 0 Å². The highest BCUT2D eigenvalue weighted by Crippen LogP contribution is 2.25.